The van der Waals surface area contributed by atoms with Crippen LogP contribution in [0.15, 0.2) is 0 Å². The molecule has 54 valence electrons. The van der Waals surface area contributed by atoms with Gasteiger partial charge in [0.1, 0.15) is 0 Å². The van der Waals surface area contributed by atoms with Gasteiger partial charge in [-0.1, -0.05) is 6.92 Å². The Morgan fingerprint density at radius 3 is 2.56 bits per heavy atom. The zero-order chi connectivity index (χ0) is 6.85. The summed E-state index contributed by atoms with van der Waals surface area (Å²) in [5.74, 6) is 1.05. The first-order chi connectivity index (χ1) is 4.25. The molecule has 2 nitrogen and oxygen atoms in total. The zero-order valence-electron chi connectivity index (χ0n) is 5.45. The third-order valence-corrected chi connectivity index (χ3v) is 3.39. The smallest absolute Gasteiger partial charge is 0.0667 e. The Hall–Kier alpha value is 0.270. The first-order valence-electron chi connectivity index (χ1n) is 3.16. The molecular formula is C6H12O2S. The van der Waals surface area contributed by atoms with Crippen molar-refractivity contribution < 1.29 is 10.2 Å². The highest BCUT2D eigenvalue weighted by Gasteiger charge is 2.30. The summed E-state index contributed by atoms with van der Waals surface area (Å²) in [4.78, 5) is 0. The lowest BCUT2D eigenvalue weighted by atomic mass is 10.0. The van der Waals surface area contributed by atoms with Gasteiger partial charge in [-0.2, -0.15) is 11.8 Å². The molecule has 0 bridgehead atoms. The molecule has 0 spiro atoms. The van der Waals surface area contributed by atoms with Crippen LogP contribution in [-0.2, 0) is 0 Å². The second-order valence-electron chi connectivity index (χ2n) is 2.48. The van der Waals surface area contributed by atoms with Crippen LogP contribution in [0.2, 0.25) is 0 Å². The van der Waals surface area contributed by atoms with Crippen LogP contribution < -0.4 is 0 Å². The largest absolute Gasteiger partial charge is 0.395 e. The van der Waals surface area contributed by atoms with Crippen molar-refractivity contribution in [2.45, 2.75) is 18.3 Å². The molecule has 0 saturated carbocycles. The minimum absolute atomic E-state index is 0.197. The van der Waals surface area contributed by atoms with Gasteiger partial charge in [0.15, 0.2) is 0 Å². The molecule has 3 atom stereocenters. The second-order valence-corrected chi connectivity index (χ2v) is 3.75. The molecule has 1 rings (SSSR count). The van der Waals surface area contributed by atoms with Crippen LogP contribution in [0.5, 0.6) is 0 Å². The van der Waals surface area contributed by atoms with E-state index in [0.29, 0.717) is 0 Å². The molecule has 0 unspecified atom stereocenters. The summed E-state index contributed by atoms with van der Waals surface area (Å²) in [5, 5.41) is 18.2. The van der Waals surface area contributed by atoms with Gasteiger partial charge in [-0.05, 0) is 5.92 Å². The van der Waals surface area contributed by atoms with Crippen LogP contribution in [0.3, 0.4) is 0 Å². The fourth-order valence-corrected chi connectivity index (χ4v) is 2.33. The average Bonchev–Trinajstić information content (AvgIpc) is 2.15. The van der Waals surface area contributed by atoms with E-state index in [9.17, 15) is 0 Å². The summed E-state index contributed by atoms with van der Waals surface area (Å²) >= 11 is 1.66. The molecule has 0 aromatic heterocycles. The van der Waals surface area contributed by atoms with Gasteiger partial charge < -0.3 is 10.2 Å². The van der Waals surface area contributed by atoms with Gasteiger partial charge in [0.25, 0.3) is 0 Å². The SMILES string of the molecule is C[C@H]1[C@H](O)CS[C@@H]1CO. The molecule has 0 radical (unpaired) electrons. The number of hydrogen-bond donors (Lipinski definition) is 2. The first kappa shape index (κ1) is 7.38. The summed E-state index contributed by atoms with van der Waals surface area (Å²) in [6.45, 7) is 2.18. The Morgan fingerprint density at radius 2 is 2.33 bits per heavy atom. The number of aliphatic hydroxyl groups is 2. The molecule has 1 fully saturated rings. The Bertz CT molecular complexity index is 97.1. The lowest BCUT2D eigenvalue weighted by molar-refractivity contribution is 0.134. The van der Waals surface area contributed by atoms with E-state index in [2.05, 4.69) is 0 Å². The molecule has 0 amide bonds. The van der Waals surface area contributed by atoms with E-state index in [4.69, 9.17) is 10.2 Å². The number of aliphatic hydroxyl groups excluding tert-OH is 2. The summed E-state index contributed by atoms with van der Waals surface area (Å²) in [6.07, 6.45) is -0.202. The van der Waals surface area contributed by atoms with Crippen LogP contribution in [-0.4, -0.2) is 33.9 Å². The Kier molecular flexibility index (Phi) is 2.38. The van der Waals surface area contributed by atoms with Gasteiger partial charge in [0.2, 0.25) is 0 Å². The maximum atomic E-state index is 9.17. The maximum Gasteiger partial charge on any atom is 0.0667 e. The fraction of sp³-hybridized carbons (Fsp3) is 1.00. The highest BCUT2D eigenvalue weighted by molar-refractivity contribution is 8.00. The predicted molar refractivity (Wildman–Crippen MR) is 38.5 cm³/mol. The molecule has 9 heavy (non-hydrogen) atoms. The molecule has 1 saturated heterocycles. The normalized spacial score (nSPS) is 43.7. The Labute approximate surface area is 59.3 Å². The van der Waals surface area contributed by atoms with E-state index >= 15 is 0 Å². The van der Waals surface area contributed by atoms with E-state index in [1.54, 1.807) is 11.8 Å². The summed E-state index contributed by atoms with van der Waals surface area (Å²) in [7, 11) is 0. The molecule has 1 heterocycles. The Morgan fingerprint density at radius 1 is 1.67 bits per heavy atom. The van der Waals surface area contributed by atoms with E-state index in [-0.39, 0.29) is 23.9 Å². The Balaban J connectivity index is 2.41. The lowest BCUT2D eigenvalue weighted by Gasteiger charge is -2.12. The average molecular weight is 148 g/mol. The molecule has 1 aliphatic rings. The molecule has 1 aliphatic heterocycles. The molecule has 0 aromatic carbocycles. The van der Waals surface area contributed by atoms with Crippen molar-refractivity contribution in [1.82, 2.24) is 0 Å². The third kappa shape index (κ3) is 1.39. The molecular weight excluding hydrogens is 136 g/mol. The maximum absolute atomic E-state index is 9.17. The van der Waals surface area contributed by atoms with Crippen molar-refractivity contribution in [2.75, 3.05) is 12.4 Å². The zero-order valence-corrected chi connectivity index (χ0v) is 6.27. The monoisotopic (exact) mass is 148 g/mol. The minimum Gasteiger partial charge on any atom is -0.395 e. The van der Waals surface area contributed by atoms with Gasteiger partial charge in [0, 0.05) is 11.0 Å². The van der Waals surface area contributed by atoms with E-state index in [1.165, 1.54) is 0 Å². The predicted octanol–water partition coefficient (Wildman–Crippen LogP) is 0.0911. The molecule has 0 aromatic rings. The third-order valence-electron chi connectivity index (χ3n) is 1.85. The quantitative estimate of drug-likeness (QED) is 0.553. The number of rotatable bonds is 1. The van der Waals surface area contributed by atoms with Crippen molar-refractivity contribution in [1.29, 1.82) is 0 Å². The standard InChI is InChI=1S/C6H12O2S/c1-4-5(8)3-9-6(4)2-7/h4-8H,2-3H2,1H3/t4-,5+,6+/m0/s1. The van der Waals surface area contributed by atoms with Crippen LogP contribution in [0, 0.1) is 5.92 Å². The van der Waals surface area contributed by atoms with E-state index in [1.807, 2.05) is 6.92 Å². The van der Waals surface area contributed by atoms with Crippen molar-refractivity contribution in [3.63, 3.8) is 0 Å². The lowest BCUT2D eigenvalue weighted by Crippen LogP contribution is -2.22. The van der Waals surface area contributed by atoms with Gasteiger partial charge in [-0.15, -0.1) is 0 Å². The summed E-state index contributed by atoms with van der Waals surface area (Å²) in [5.41, 5.74) is 0. The summed E-state index contributed by atoms with van der Waals surface area (Å²) in [6, 6.07) is 0. The van der Waals surface area contributed by atoms with Crippen LogP contribution in [0.25, 0.3) is 0 Å². The highest BCUT2D eigenvalue weighted by atomic mass is 32.2. The van der Waals surface area contributed by atoms with Gasteiger partial charge >= 0.3 is 0 Å². The van der Waals surface area contributed by atoms with Crippen molar-refractivity contribution in [3.8, 4) is 0 Å². The summed E-state index contributed by atoms with van der Waals surface area (Å²) < 4.78 is 0. The molecule has 0 aliphatic carbocycles. The van der Waals surface area contributed by atoms with E-state index < -0.39 is 0 Å². The highest BCUT2D eigenvalue weighted by Crippen LogP contribution is 2.31. The van der Waals surface area contributed by atoms with Crippen LogP contribution >= 0.6 is 11.8 Å². The van der Waals surface area contributed by atoms with E-state index in [0.717, 1.165) is 5.75 Å². The number of hydrogen-bond acceptors (Lipinski definition) is 3. The minimum atomic E-state index is -0.202. The number of thioether (sulfide) groups is 1. The molecule has 3 heteroatoms. The van der Waals surface area contributed by atoms with Crippen molar-refractivity contribution >= 4 is 11.8 Å². The topological polar surface area (TPSA) is 40.5 Å². The van der Waals surface area contributed by atoms with Gasteiger partial charge in [-0.25, -0.2) is 0 Å². The first-order valence-corrected chi connectivity index (χ1v) is 4.21. The van der Waals surface area contributed by atoms with Crippen molar-refractivity contribution in [2.24, 2.45) is 5.92 Å². The van der Waals surface area contributed by atoms with Crippen LogP contribution in [0.4, 0.5) is 0 Å². The fourth-order valence-electron chi connectivity index (χ4n) is 0.992. The second kappa shape index (κ2) is 2.90. The van der Waals surface area contributed by atoms with Crippen LogP contribution in [0.1, 0.15) is 6.92 Å². The van der Waals surface area contributed by atoms with Gasteiger partial charge in [0.05, 0.1) is 12.7 Å². The van der Waals surface area contributed by atoms with Crippen molar-refractivity contribution in [3.05, 3.63) is 0 Å². The molecule has 2 N–H and O–H groups in total. The van der Waals surface area contributed by atoms with Gasteiger partial charge in [-0.3, -0.25) is 0 Å².